The van der Waals surface area contributed by atoms with Gasteiger partial charge in [0.1, 0.15) is 12.4 Å². The summed E-state index contributed by atoms with van der Waals surface area (Å²) in [6.45, 7) is -0.0193. The molecule has 0 aromatic heterocycles. The molecule has 6 nitrogen and oxygen atoms in total. The van der Waals surface area contributed by atoms with Gasteiger partial charge in [0.25, 0.3) is 5.78 Å². The highest BCUT2D eigenvalue weighted by Crippen LogP contribution is 2.12. The standard InChI is InChI=1S/C17H14N2O4/c1-22-14-9-7-13(8-10-14)16(20)15(19-18)17(21)23-11-12-5-3-2-4-6-12/h2-10H,11H2,1H3. The maximum absolute atomic E-state index is 12.2. The van der Waals surface area contributed by atoms with Crippen LogP contribution in [0, 0.1) is 0 Å². The molecule has 0 unspecified atom stereocenters. The van der Waals surface area contributed by atoms with E-state index < -0.39 is 17.5 Å². The molecule has 0 aliphatic rings. The summed E-state index contributed by atoms with van der Waals surface area (Å²) in [5.74, 6) is -1.15. The van der Waals surface area contributed by atoms with Crippen molar-refractivity contribution in [1.82, 2.24) is 0 Å². The number of rotatable bonds is 6. The molecule has 0 aliphatic heterocycles. The van der Waals surface area contributed by atoms with Crippen molar-refractivity contribution in [2.24, 2.45) is 0 Å². The number of Topliss-reactive ketones (excluding diaryl/α,β-unsaturated/α-hetero) is 1. The molecular weight excluding hydrogens is 296 g/mol. The third-order valence-electron chi connectivity index (χ3n) is 3.07. The molecule has 2 aromatic rings. The molecule has 0 amide bonds. The second-order valence-electron chi connectivity index (χ2n) is 4.57. The van der Waals surface area contributed by atoms with Crippen LogP contribution in [-0.4, -0.2) is 29.4 Å². The second-order valence-corrected chi connectivity index (χ2v) is 4.57. The number of ketones is 1. The molecule has 0 bridgehead atoms. The monoisotopic (exact) mass is 310 g/mol. The summed E-state index contributed by atoms with van der Waals surface area (Å²) < 4.78 is 9.98. The minimum Gasteiger partial charge on any atom is -0.497 e. The Morgan fingerprint density at radius 3 is 2.26 bits per heavy atom. The largest absolute Gasteiger partial charge is 0.497 e. The highest BCUT2D eigenvalue weighted by atomic mass is 16.5. The van der Waals surface area contributed by atoms with Crippen LogP contribution in [0.2, 0.25) is 0 Å². The van der Waals surface area contributed by atoms with Gasteiger partial charge in [-0.2, -0.15) is 4.79 Å². The lowest BCUT2D eigenvalue weighted by atomic mass is 10.1. The van der Waals surface area contributed by atoms with Gasteiger partial charge in [-0.1, -0.05) is 30.3 Å². The number of carbonyl (C=O) groups excluding carboxylic acids is 2. The number of esters is 1. The topological polar surface area (TPSA) is 89.0 Å². The first-order chi connectivity index (χ1) is 11.2. The van der Waals surface area contributed by atoms with Gasteiger partial charge in [0.15, 0.2) is 0 Å². The zero-order chi connectivity index (χ0) is 16.7. The number of hydrogen-bond acceptors (Lipinski definition) is 4. The van der Waals surface area contributed by atoms with Crippen molar-refractivity contribution in [1.29, 1.82) is 0 Å². The predicted octanol–water partition coefficient (Wildman–Crippen LogP) is 2.29. The highest BCUT2D eigenvalue weighted by Gasteiger charge is 2.32. The van der Waals surface area contributed by atoms with Crippen LogP contribution in [0.1, 0.15) is 15.9 Å². The van der Waals surface area contributed by atoms with E-state index in [4.69, 9.17) is 15.0 Å². The second kappa shape index (κ2) is 7.68. The van der Waals surface area contributed by atoms with E-state index in [1.54, 1.807) is 36.4 Å². The normalized spacial score (nSPS) is 9.61. The fourth-order valence-electron chi connectivity index (χ4n) is 1.85. The molecule has 0 saturated heterocycles. The molecule has 6 heteroatoms. The molecule has 0 radical (unpaired) electrons. The Morgan fingerprint density at radius 2 is 1.70 bits per heavy atom. The van der Waals surface area contributed by atoms with Gasteiger partial charge < -0.3 is 15.0 Å². The van der Waals surface area contributed by atoms with Crippen LogP contribution >= 0.6 is 0 Å². The first kappa shape index (κ1) is 16.1. The van der Waals surface area contributed by atoms with Crippen LogP contribution < -0.4 is 4.74 Å². The van der Waals surface area contributed by atoms with E-state index in [2.05, 4.69) is 4.79 Å². The Kier molecular flexibility index (Phi) is 5.39. The molecular formula is C17H14N2O4. The predicted molar refractivity (Wildman–Crippen MR) is 82.2 cm³/mol. The van der Waals surface area contributed by atoms with E-state index in [-0.39, 0.29) is 12.2 Å². The minimum absolute atomic E-state index is 0.0193. The lowest BCUT2D eigenvalue weighted by Gasteiger charge is -2.03. The maximum atomic E-state index is 12.2. The molecule has 0 atom stereocenters. The van der Waals surface area contributed by atoms with Crippen LogP contribution in [0.3, 0.4) is 0 Å². The maximum Gasteiger partial charge on any atom is 0.446 e. The number of ether oxygens (including phenoxy) is 2. The summed E-state index contributed by atoms with van der Waals surface area (Å²) in [6.07, 6.45) is 0. The van der Waals surface area contributed by atoms with Crippen molar-refractivity contribution >= 4 is 17.5 Å². The number of benzene rings is 2. The molecule has 0 aliphatic carbocycles. The molecule has 2 rings (SSSR count). The van der Waals surface area contributed by atoms with Gasteiger partial charge in [-0.15, -0.1) is 0 Å². The Morgan fingerprint density at radius 1 is 1.04 bits per heavy atom. The number of methoxy groups -OCH3 is 1. The Bertz CT molecular complexity index is 748. The lowest BCUT2D eigenvalue weighted by molar-refractivity contribution is -0.141. The summed E-state index contributed by atoms with van der Waals surface area (Å²) in [5.41, 5.74) is 9.24. The third kappa shape index (κ3) is 4.12. The molecule has 0 saturated carbocycles. The Hall–Kier alpha value is -3.24. The average Bonchev–Trinajstić information content (AvgIpc) is 2.61. The Balaban J connectivity index is 2.07. The summed E-state index contributed by atoms with van der Waals surface area (Å²) in [4.78, 5) is 26.9. The van der Waals surface area contributed by atoms with Gasteiger partial charge in [0.2, 0.25) is 0 Å². The lowest BCUT2D eigenvalue weighted by Crippen LogP contribution is -2.27. The molecule has 0 spiro atoms. The van der Waals surface area contributed by atoms with Crippen LogP contribution in [0.4, 0.5) is 0 Å². The fourth-order valence-corrected chi connectivity index (χ4v) is 1.85. The Labute approximate surface area is 132 Å². The van der Waals surface area contributed by atoms with Gasteiger partial charge in [-0.25, -0.2) is 4.79 Å². The van der Waals surface area contributed by atoms with Gasteiger partial charge in [0.05, 0.1) is 7.11 Å². The van der Waals surface area contributed by atoms with E-state index >= 15 is 0 Å². The van der Waals surface area contributed by atoms with Crippen molar-refractivity contribution in [3.8, 4) is 5.75 Å². The molecule has 0 heterocycles. The average molecular weight is 310 g/mol. The summed E-state index contributed by atoms with van der Waals surface area (Å²) in [7, 11) is 1.50. The van der Waals surface area contributed by atoms with E-state index in [0.29, 0.717) is 5.75 Å². The van der Waals surface area contributed by atoms with Gasteiger partial charge in [-0.3, -0.25) is 4.79 Å². The summed E-state index contributed by atoms with van der Waals surface area (Å²) >= 11 is 0. The zero-order valence-electron chi connectivity index (χ0n) is 12.4. The van der Waals surface area contributed by atoms with Crippen LogP contribution in [-0.2, 0) is 16.1 Å². The van der Waals surface area contributed by atoms with Crippen molar-refractivity contribution in [3.05, 3.63) is 71.3 Å². The summed E-state index contributed by atoms with van der Waals surface area (Å²) in [6, 6.07) is 15.0. The molecule has 0 N–H and O–H groups in total. The van der Waals surface area contributed by atoms with Crippen LogP contribution in [0.5, 0.6) is 5.75 Å². The number of nitrogens with zero attached hydrogens (tertiary/aromatic N) is 2. The van der Waals surface area contributed by atoms with Crippen molar-refractivity contribution < 1.29 is 23.9 Å². The number of hydrogen-bond donors (Lipinski definition) is 0. The van der Waals surface area contributed by atoms with Crippen molar-refractivity contribution in [3.63, 3.8) is 0 Å². The first-order valence-electron chi connectivity index (χ1n) is 6.77. The first-order valence-corrected chi connectivity index (χ1v) is 6.77. The minimum atomic E-state index is -0.989. The van der Waals surface area contributed by atoms with Crippen molar-refractivity contribution in [2.75, 3.05) is 7.11 Å². The van der Waals surface area contributed by atoms with Crippen LogP contribution in [0.25, 0.3) is 5.53 Å². The van der Waals surface area contributed by atoms with Gasteiger partial charge in [0, 0.05) is 5.56 Å². The summed E-state index contributed by atoms with van der Waals surface area (Å²) in [5, 5.41) is 0. The zero-order valence-corrected chi connectivity index (χ0v) is 12.4. The van der Waals surface area contributed by atoms with E-state index in [1.165, 1.54) is 19.2 Å². The fraction of sp³-hybridized carbons (Fsp3) is 0.118. The van der Waals surface area contributed by atoms with E-state index in [0.717, 1.165) is 5.56 Å². The molecule has 0 fully saturated rings. The highest BCUT2D eigenvalue weighted by molar-refractivity contribution is 6.65. The third-order valence-corrected chi connectivity index (χ3v) is 3.07. The molecule has 2 aromatic carbocycles. The quantitative estimate of drug-likeness (QED) is 0.204. The van der Waals surface area contributed by atoms with Gasteiger partial charge >= 0.3 is 11.7 Å². The van der Waals surface area contributed by atoms with E-state index in [9.17, 15) is 9.59 Å². The SMILES string of the molecule is COc1ccc(C(=O)C(=[N+]=[N-])C(=O)OCc2ccccc2)cc1. The van der Waals surface area contributed by atoms with Gasteiger partial charge in [-0.05, 0) is 29.8 Å². The molecule has 23 heavy (non-hydrogen) atoms. The van der Waals surface area contributed by atoms with Crippen molar-refractivity contribution in [2.45, 2.75) is 6.61 Å². The smallest absolute Gasteiger partial charge is 0.446 e. The molecule has 116 valence electrons. The number of carbonyl (C=O) groups is 2. The van der Waals surface area contributed by atoms with Crippen LogP contribution in [0.15, 0.2) is 54.6 Å². The van der Waals surface area contributed by atoms with E-state index in [1.807, 2.05) is 6.07 Å².